The minimum absolute atomic E-state index is 0.274. The molecule has 1 heterocycles. The second kappa shape index (κ2) is 6.71. The molecule has 130 valence electrons. The summed E-state index contributed by atoms with van der Waals surface area (Å²) in [5.74, 6) is -0.302. The molecule has 0 unspecified atom stereocenters. The minimum atomic E-state index is -0.650. The molecule has 0 bridgehead atoms. The molecule has 1 fully saturated rings. The topological polar surface area (TPSA) is 92.8 Å². The Kier molecular flexibility index (Phi) is 4.46. The van der Waals surface area contributed by atoms with Crippen LogP contribution in [0, 0.1) is 26.0 Å². The number of non-ortho nitro benzene ring substituents is 1. The lowest BCUT2D eigenvalue weighted by atomic mass is 10.2. The summed E-state index contributed by atoms with van der Waals surface area (Å²) in [6.07, 6.45) is 0. The lowest BCUT2D eigenvalue weighted by molar-refractivity contribution is -0.393. The first-order valence-electron chi connectivity index (χ1n) is 7.64. The maximum absolute atomic E-state index is 13.0. The van der Waals surface area contributed by atoms with Gasteiger partial charge in [-0.25, -0.2) is 4.39 Å². The van der Waals surface area contributed by atoms with Crippen molar-refractivity contribution in [1.82, 2.24) is 0 Å². The van der Waals surface area contributed by atoms with Crippen LogP contribution in [0.3, 0.4) is 0 Å². The third kappa shape index (κ3) is 3.49. The third-order valence-corrected chi connectivity index (χ3v) is 4.18. The van der Waals surface area contributed by atoms with Crippen molar-refractivity contribution in [3.8, 4) is 0 Å². The first kappa shape index (κ1) is 16.6. The van der Waals surface area contributed by atoms with Crippen molar-refractivity contribution in [2.75, 3.05) is 36.0 Å². The monoisotopic (exact) mass is 346 g/mol. The van der Waals surface area contributed by atoms with E-state index in [1.807, 2.05) is 4.90 Å². The fourth-order valence-electron chi connectivity index (χ4n) is 2.90. The van der Waals surface area contributed by atoms with Crippen LogP contribution in [0.15, 0.2) is 42.5 Å². The normalized spacial score (nSPS) is 14.4. The number of nitrogens with zero attached hydrogens (tertiary/aromatic N) is 4. The fraction of sp³-hybridized carbons (Fsp3) is 0.250. The Labute approximate surface area is 142 Å². The second-order valence-corrected chi connectivity index (χ2v) is 5.64. The van der Waals surface area contributed by atoms with Crippen LogP contribution >= 0.6 is 0 Å². The standard InChI is InChI=1S/C16H15FN4O4/c17-12-1-3-13(4-2-12)18-7-9-19(10-8-18)15-6-5-14(20(22)23)11-16(15)21(24)25/h1-6,11H,7-10H2. The Balaban J connectivity index is 1.77. The summed E-state index contributed by atoms with van der Waals surface area (Å²) >= 11 is 0. The average Bonchev–Trinajstić information content (AvgIpc) is 2.62. The molecule has 1 aliphatic rings. The highest BCUT2D eigenvalue weighted by Gasteiger charge is 2.26. The smallest absolute Gasteiger partial charge is 0.299 e. The number of hydrogen-bond acceptors (Lipinski definition) is 6. The third-order valence-electron chi connectivity index (χ3n) is 4.18. The van der Waals surface area contributed by atoms with Gasteiger partial charge in [0.2, 0.25) is 0 Å². The highest BCUT2D eigenvalue weighted by Crippen LogP contribution is 2.33. The van der Waals surface area contributed by atoms with E-state index in [0.29, 0.717) is 31.9 Å². The molecule has 0 aromatic heterocycles. The Morgan fingerprint density at radius 1 is 0.840 bits per heavy atom. The van der Waals surface area contributed by atoms with Crippen LogP contribution in [-0.4, -0.2) is 36.0 Å². The first-order chi connectivity index (χ1) is 12.0. The summed E-state index contributed by atoms with van der Waals surface area (Å²) in [4.78, 5) is 24.7. The van der Waals surface area contributed by atoms with Crippen molar-refractivity contribution < 1.29 is 14.2 Å². The SMILES string of the molecule is O=[N+]([O-])c1ccc(N2CCN(c3ccc(F)cc3)CC2)c([N+](=O)[O-])c1. The number of nitro groups is 2. The van der Waals surface area contributed by atoms with Gasteiger partial charge in [0.25, 0.3) is 11.4 Å². The summed E-state index contributed by atoms with van der Waals surface area (Å²) in [5.41, 5.74) is 0.679. The second-order valence-electron chi connectivity index (χ2n) is 5.64. The van der Waals surface area contributed by atoms with E-state index in [0.717, 1.165) is 11.8 Å². The minimum Gasteiger partial charge on any atom is -0.368 e. The van der Waals surface area contributed by atoms with Gasteiger partial charge < -0.3 is 9.80 Å². The zero-order valence-electron chi connectivity index (χ0n) is 13.2. The molecule has 0 aliphatic carbocycles. The first-order valence-corrected chi connectivity index (χ1v) is 7.64. The van der Waals surface area contributed by atoms with Crippen LogP contribution in [0.25, 0.3) is 0 Å². The molecule has 2 aromatic rings. The molecule has 0 amide bonds. The highest BCUT2D eigenvalue weighted by atomic mass is 19.1. The zero-order valence-corrected chi connectivity index (χ0v) is 13.2. The van der Waals surface area contributed by atoms with Crippen molar-refractivity contribution >= 4 is 22.7 Å². The molecule has 9 heteroatoms. The van der Waals surface area contributed by atoms with Crippen LogP contribution in [0.4, 0.5) is 27.1 Å². The number of halogens is 1. The molecule has 0 atom stereocenters. The van der Waals surface area contributed by atoms with Crippen LogP contribution in [0.1, 0.15) is 0 Å². The van der Waals surface area contributed by atoms with Crippen LogP contribution < -0.4 is 9.80 Å². The van der Waals surface area contributed by atoms with Crippen molar-refractivity contribution in [3.05, 3.63) is 68.5 Å². The quantitative estimate of drug-likeness (QED) is 0.624. The van der Waals surface area contributed by atoms with E-state index in [1.54, 1.807) is 12.1 Å². The van der Waals surface area contributed by atoms with Crippen LogP contribution in [0.2, 0.25) is 0 Å². The molecule has 0 radical (unpaired) electrons. The molecular formula is C16H15FN4O4. The van der Waals surface area contributed by atoms with Gasteiger partial charge in [0, 0.05) is 37.9 Å². The van der Waals surface area contributed by atoms with E-state index in [-0.39, 0.29) is 17.2 Å². The molecule has 2 aromatic carbocycles. The van der Waals surface area contributed by atoms with Gasteiger partial charge in [0.05, 0.1) is 15.9 Å². The summed E-state index contributed by atoms with van der Waals surface area (Å²) in [6.45, 7) is 2.27. The fourth-order valence-corrected chi connectivity index (χ4v) is 2.90. The van der Waals surface area contributed by atoms with E-state index in [1.165, 1.54) is 24.3 Å². The molecule has 1 aliphatic heterocycles. The summed E-state index contributed by atoms with van der Waals surface area (Å²) in [7, 11) is 0. The van der Waals surface area contributed by atoms with Gasteiger partial charge in [-0.15, -0.1) is 0 Å². The van der Waals surface area contributed by atoms with E-state index in [2.05, 4.69) is 4.90 Å². The summed E-state index contributed by atoms with van der Waals surface area (Å²) in [6, 6.07) is 9.85. The van der Waals surface area contributed by atoms with Gasteiger partial charge in [-0.05, 0) is 30.3 Å². The molecule has 0 saturated carbocycles. The molecule has 8 nitrogen and oxygen atoms in total. The van der Waals surface area contributed by atoms with E-state index in [9.17, 15) is 24.6 Å². The Bertz CT molecular complexity index is 804. The predicted octanol–water partition coefficient (Wildman–Crippen LogP) is 2.97. The Morgan fingerprint density at radius 2 is 1.44 bits per heavy atom. The van der Waals surface area contributed by atoms with Gasteiger partial charge in [-0.1, -0.05) is 0 Å². The van der Waals surface area contributed by atoms with Gasteiger partial charge in [-0.2, -0.15) is 0 Å². The van der Waals surface area contributed by atoms with Crippen LogP contribution in [0.5, 0.6) is 0 Å². The number of nitro benzene ring substituents is 2. The number of rotatable bonds is 4. The number of hydrogen-bond donors (Lipinski definition) is 0. The number of benzene rings is 2. The molecule has 3 rings (SSSR count). The molecular weight excluding hydrogens is 331 g/mol. The van der Waals surface area contributed by atoms with Crippen molar-refractivity contribution in [3.63, 3.8) is 0 Å². The van der Waals surface area contributed by atoms with Crippen molar-refractivity contribution in [1.29, 1.82) is 0 Å². The maximum Gasteiger partial charge on any atom is 0.299 e. The van der Waals surface area contributed by atoms with E-state index >= 15 is 0 Å². The summed E-state index contributed by atoms with van der Waals surface area (Å²) < 4.78 is 13.0. The van der Waals surface area contributed by atoms with Crippen LogP contribution in [-0.2, 0) is 0 Å². The Morgan fingerprint density at radius 3 is 2.00 bits per heavy atom. The molecule has 0 N–H and O–H groups in total. The lowest BCUT2D eigenvalue weighted by Crippen LogP contribution is -2.46. The zero-order chi connectivity index (χ0) is 18.0. The van der Waals surface area contributed by atoms with E-state index in [4.69, 9.17) is 0 Å². The number of anilines is 2. The average molecular weight is 346 g/mol. The number of piperazine rings is 1. The maximum atomic E-state index is 13.0. The van der Waals surface area contributed by atoms with E-state index < -0.39 is 9.85 Å². The molecule has 25 heavy (non-hydrogen) atoms. The molecule has 0 spiro atoms. The van der Waals surface area contributed by atoms with Crippen molar-refractivity contribution in [2.45, 2.75) is 0 Å². The summed E-state index contributed by atoms with van der Waals surface area (Å²) in [5, 5.41) is 22.1. The van der Waals surface area contributed by atoms with Gasteiger partial charge in [0.15, 0.2) is 0 Å². The Hall–Kier alpha value is -3.23. The largest absolute Gasteiger partial charge is 0.368 e. The van der Waals surface area contributed by atoms with Crippen molar-refractivity contribution in [2.24, 2.45) is 0 Å². The molecule has 1 saturated heterocycles. The highest BCUT2D eigenvalue weighted by molar-refractivity contribution is 5.67. The predicted molar refractivity (Wildman–Crippen MR) is 90.6 cm³/mol. The lowest BCUT2D eigenvalue weighted by Gasteiger charge is -2.37. The van der Waals surface area contributed by atoms with Gasteiger partial charge in [0.1, 0.15) is 11.5 Å². The van der Waals surface area contributed by atoms with Gasteiger partial charge in [-0.3, -0.25) is 20.2 Å². The van der Waals surface area contributed by atoms with Gasteiger partial charge >= 0.3 is 0 Å².